The zero-order valence-corrected chi connectivity index (χ0v) is 12.7. The summed E-state index contributed by atoms with van der Waals surface area (Å²) in [5.74, 6) is 6.94. The second-order valence-electron chi connectivity index (χ2n) is 5.15. The van der Waals surface area contributed by atoms with E-state index < -0.39 is 0 Å². The Morgan fingerprint density at radius 3 is 2.68 bits per heavy atom. The first-order valence-electron chi connectivity index (χ1n) is 6.75. The van der Waals surface area contributed by atoms with Gasteiger partial charge in [-0.3, -0.25) is 16.0 Å². The predicted octanol–water partition coefficient (Wildman–Crippen LogP) is 1.00. The lowest BCUT2D eigenvalue weighted by atomic mass is 9.96. The number of nitrogens with zero attached hydrogens (tertiary/aromatic N) is 3. The first-order valence-corrected chi connectivity index (χ1v) is 6.75. The Morgan fingerprint density at radius 1 is 1.53 bits per heavy atom. The third-order valence-electron chi connectivity index (χ3n) is 3.51. The van der Waals surface area contributed by atoms with Gasteiger partial charge in [-0.2, -0.15) is 5.10 Å². The van der Waals surface area contributed by atoms with Crippen LogP contribution < -0.4 is 16.0 Å². The van der Waals surface area contributed by atoms with E-state index in [2.05, 4.69) is 29.3 Å². The van der Waals surface area contributed by atoms with Gasteiger partial charge in [-0.15, -0.1) is 0 Å². The lowest BCUT2D eigenvalue weighted by Gasteiger charge is -2.24. The summed E-state index contributed by atoms with van der Waals surface area (Å²) in [6.45, 7) is 6.07. The number of nitrogens with two attached hydrogens (primary N) is 1. The molecule has 0 amide bonds. The fourth-order valence-electron chi connectivity index (χ4n) is 2.07. The summed E-state index contributed by atoms with van der Waals surface area (Å²) in [6.07, 6.45) is 2.80. The molecule has 0 aromatic carbocycles. The maximum absolute atomic E-state index is 5.73. The van der Waals surface area contributed by atoms with Crippen molar-refractivity contribution in [3.63, 3.8) is 0 Å². The van der Waals surface area contributed by atoms with Crippen molar-refractivity contribution < 1.29 is 4.74 Å². The van der Waals surface area contributed by atoms with Crippen molar-refractivity contribution in [3.05, 3.63) is 11.9 Å². The molecule has 1 heterocycles. The molecule has 0 spiro atoms. The van der Waals surface area contributed by atoms with Crippen LogP contribution in [0.2, 0.25) is 0 Å². The lowest BCUT2D eigenvalue weighted by molar-refractivity contribution is 0.320. The van der Waals surface area contributed by atoms with E-state index in [1.165, 1.54) is 0 Å². The van der Waals surface area contributed by atoms with Crippen LogP contribution in [-0.4, -0.2) is 42.4 Å². The first-order chi connectivity index (χ1) is 9.04. The monoisotopic (exact) mass is 269 g/mol. The highest BCUT2D eigenvalue weighted by molar-refractivity contribution is 5.28. The number of methoxy groups -OCH3 is 1. The maximum Gasteiger partial charge on any atom is 0.161 e. The Bertz CT molecular complexity index is 377. The number of hydrazine groups is 1. The molecule has 110 valence electrons. The molecule has 0 saturated carbocycles. The maximum atomic E-state index is 5.73. The van der Waals surface area contributed by atoms with E-state index in [9.17, 15) is 0 Å². The molecule has 1 aromatic rings. The van der Waals surface area contributed by atoms with E-state index in [0.29, 0.717) is 5.92 Å². The molecule has 0 saturated heterocycles. The topological polar surface area (TPSA) is 68.3 Å². The van der Waals surface area contributed by atoms with Gasteiger partial charge in [0, 0.05) is 6.54 Å². The number of hydrogen-bond donors (Lipinski definition) is 2. The summed E-state index contributed by atoms with van der Waals surface area (Å²) in [5.41, 5.74) is 3.93. The quantitative estimate of drug-likeness (QED) is 0.544. The molecule has 1 rings (SSSR count). The van der Waals surface area contributed by atoms with Gasteiger partial charge in [-0.1, -0.05) is 20.3 Å². The van der Waals surface area contributed by atoms with E-state index in [1.54, 1.807) is 13.3 Å². The highest BCUT2D eigenvalue weighted by atomic mass is 16.5. The van der Waals surface area contributed by atoms with Crippen LogP contribution in [0.5, 0.6) is 5.75 Å². The van der Waals surface area contributed by atoms with Crippen molar-refractivity contribution in [3.8, 4) is 5.75 Å². The number of rotatable bonds is 8. The minimum atomic E-state index is 0.0459. The molecular formula is C13H27N5O. The second kappa shape index (κ2) is 7.47. The summed E-state index contributed by atoms with van der Waals surface area (Å²) >= 11 is 0. The van der Waals surface area contributed by atoms with Crippen LogP contribution in [0.4, 0.5) is 0 Å². The number of aromatic nitrogens is 2. The number of nitrogens with one attached hydrogen (secondary N) is 1. The van der Waals surface area contributed by atoms with Gasteiger partial charge in [-0.05, 0) is 20.0 Å². The summed E-state index contributed by atoms with van der Waals surface area (Å²) in [6, 6.07) is 0.0459. The third-order valence-corrected chi connectivity index (χ3v) is 3.51. The van der Waals surface area contributed by atoms with Crippen molar-refractivity contribution in [2.24, 2.45) is 11.8 Å². The Labute approximate surface area is 115 Å². The van der Waals surface area contributed by atoms with Crippen LogP contribution in [0.1, 0.15) is 32.0 Å². The Morgan fingerprint density at radius 2 is 2.21 bits per heavy atom. The molecule has 0 aliphatic rings. The van der Waals surface area contributed by atoms with Gasteiger partial charge in [0.25, 0.3) is 0 Å². The summed E-state index contributed by atoms with van der Waals surface area (Å²) in [5, 5.41) is 4.41. The fourth-order valence-corrected chi connectivity index (χ4v) is 2.07. The Kier molecular flexibility index (Phi) is 6.27. The number of ether oxygens (including phenoxy) is 1. The average molecular weight is 269 g/mol. The molecule has 0 radical (unpaired) electrons. The van der Waals surface area contributed by atoms with E-state index in [0.717, 1.165) is 31.0 Å². The van der Waals surface area contributed by atoms with Crippen LogP contribution in [-0.2, 0) is 6.54 Å². The Hall–Kier alpha value is -1.11. The van der Waals surface area contributed by atoms with Gasteiger partial charge in [0.2, 0.25) is 0 Å². The van der Waals surface area contributed by atoms with Crippen molar-refractivity contribution in [1.29, 1.82) is 0 Å². The van der Waals surface area contributed by atoms with E-state index >= 15 is 0 Å². The molecule has 6 nitrogen and oxygen atoms in total. The van der Waals surface area contributed by atoms with Crippen molar-refractivity contribution >= 4 is 0 Å². The standard InChI is InChI=1S/C13H27N5O/c1-6-10(2)12(16-14)13-11(19-5)9-15-18(13)8-7-17(3)4/h9-10,12,16H,6-8,14H2,1-5H3. The largest absolute Gasteiger partial charge is 0.493 e. The molecule has 0 bridgehead atoms. The number of likely N-dealkylation sites (N-methyl/N-ethyl adjacent to an activating group) is 1. The van der Waals surface area contributed by atoms with Gasteiger partial charge in [0.05, 0.1) is 31.6 Å². The minimum absolute atomic E-state index is 0.0459. The highest BCUT2D eigenvalue weighted by Crippen LogP contribution is 2.30. The average Bonchev–Trinajstić information content (AvgIpc) is 2.80. The molecule has 19 heavy (non-hydrogen) atoms. The molecule has 0 aliphatic carbocycles. The van der Waals surface area contributed by atoms with Crippen LogP contribution in [0, 0.1) is 5.92 Å². The Balaban J connectivity index is 3.02. The van der Waals surface area contributed by atoms with Gasteiger partial charge in [0.15, 0.2) is 5.75 Å². The SMILES string of the molecule is CCC(C)C(NN)c1c(OC)cnn1CCN(C)C. The smallest absolute Gasteiger partial charge is 0.161 e. The lowest BCUT2D eigenvalue weighted by Crippen LogP contribution is -2.35. The molecule has 2 atom stereocenters. The molecule has 2 unspecified atom stereocenters. The normalized spacial score (nSPS) is 14.7. The van der Waals surface area contributed by atoms with Gasteiger partial charge in [-0.25, -0.2) is 0 Å². The predicted molar refractivity (Wildman–Crippen MR) is 76.9 cm³/mol. The molecule has 0 fully saturated rings. The molecule has 3 N–H and O–H groups in total. The van der Waals surface area contributed by atoms with Crippen LogP contribution in [0.25, 0.3) is 0 Å². The molecule has 1 aromatic heterocycles. The van der Waals surface area contributed by atoms with Crippen molar-refractivity contribution in [2.75, 3.05) is 27.7 Å². The second-order valence-corrected chi connectivity index (χ2v) is 5.15. The number of hydrogen-bond acceptors (Lipinski definition) is 5. The van der Waals surface area contributed by atoms with Gasteiger partial charge in [0.1, 0.15) is 0 Å². The van der Waals surface area contributed by atoms with E-state index in [1.807, 2.05) is 18.8 Å². The fraction of sp³-hybridized carbons (Fsp3) is 0.769. The zero-order chi connectivity index (χ0) is 14.4. The third kappa shape index (κ3) is 3.92. The van der Waals surface area contributed by atoms with Crippen molar-refractivity contribution in [2.45, 2.75) is 32.9 Å². The van der Waals surface area contributed by atoms with Gasteiger partial charge >= 0.3 is 0 Å². The summed E-state index contributed by atoms with van der Waals surface area (Å²) in [7, 11) is 5.77. The molecule has 6 heteroatoms. The summed E-state index contributed by atoms with van der Waals surface area (Å²) in [4.78, 5) is 2.13. The summed E-state index contributed by atoms with van der Waals surface area (Å²) < 4.78 is 7.40. The molecule has 0 aliphatic heterocycles. The zero-order valence-electron chi connectivity index (χ0n) is 12.7. The van der Waals surface area contributed by atoms with Gasteiger partial charge < -0.3 is 9.64 Å². The van der Waals surface area contributed by atoms with Crippen molar-refractivity contribution in [1.82, 2.24) is 20.1 Å². The minimum Gasteiger partial charge on any atom is -0.493 e. The van der Waals surface area contributed by atoms with Crippen LogP contribution >= 0.6 is 0 Å². The molecular weight excluding hydrogens is 242 g/mol. The van der Waals surface area contributed by atoms with E-state index in [4.69, 9.17) is 10.6 Å². The van der Waals surface area contributed by atoms with Crippen LogP contribution in [0.15, 0.2) is 6.20 Å². The van der Waals surface area contributed by atoms with E-state index in [-0.39, 0.29) is 6.04 Å². The van der Waals surface area contributed by atoms with Crippen LogP contribution in [0.3, 0.4) is 0 Å². The first kappa shape index (κ1) is 15.9. The highest BCUT2D eigenvalue weighted by Gasteiger charge is 2.25.